The van der Waals surface area contributed by atoms with Crippen molar-refractivity contribution in [3.8, 4) is 0 Å². The molecule has 1 unspecified atom stereocenters. The lowest BCUT2D eigenvalue weighted by atomic mass is 10.1. The molecule has 0 bridgehead atoms. The third kappa shape index (κ3) is 4.01. The van der Waals surface area contributed by atoms with E-state index in [0.29, 0.717) is 6.20 Å². The Kier molecular flexibility index (Phi) is 4.41. The summed E-state index contributed by atoms with van der Waals surface area (Å²) in [6.45, 7) is 0.762. The van der Waals surface area contributed by atoms with E-state index in [1.54, 1.807) is 0 Å². The highest BCUT2D eigenvalue weighted by Crippen LogP contribution is 2.32. The van der Waals surface area contributed by atoms with Gasteiger partial charge in [0.15, 0.2) is 0 Å². The maximum atomic E-state index is 12.3. The topological polar surface area (TPSA) is 65.4 Å². The van der Waals surface area contributed by atoms with Crippen molar-refractivity contribution in [3.05, 3.63) is 22.8 Å². The molecule has 0 aromatic carbocycles. The van der Waals surface area contributed by atoms with E-state index in [9.17, 15) is 18.3 Å². The van der Waals surface area contributed by atoms with Crippen LogP contribution in [0.2, 0.25) is 5.02 Å². The number of nitrogens with one attached hydrogen (secondary N) is 1. The minimum atomic E-state index is -4.51. The summed E-state index contributed by atoms with van der Waals surface area (Å²) in [6.07, 6.45) is -3.87. The van der Waals surface area contributed by atoms with Gasteiger partial charge in [0.2, 0.25) is 0 Å². The molecule has 1 aromatic rings. The number of anilines is 1. The summed E-state index contributed by atoms with van der Waals surface area (Å²) in [4.78, 5) is 3.53. The standard InChI is InChI=1S/C10H12ClF3N2O2/c1-9(18,5-17)4-16-8-7(11)2-6(3-15-8)10(12,13)14/h2-3,17-18H,4-5H2,1H3,(H,15,16). The maximum Gasteiger partial charge on any atom is 0.417 e. The van der Waals surface area contributed by atoms with E-state index in [4.69, 9.17) is 16.7 Å². The molecule has 3 N–H and O–H groups in total. The first-order valence-corrected chi connectivity index (χ1v) is 5.33. The molecule has 0 saturated heterocycles. The largest absolute Gasteiger partial charge is 0.417 e. The maximum absolute atomic E-state index is 12.3. The Morgan fingerprint density at radius 3 is 2.50 bits per heavy atom. The van der Waals surface area contributed by atoms with Crippen molar-refractivity contribution in [3.63, 3.8) is 0 Å². The van der Waals surface area contributed by atoms with Crippen LogP contribution in [-0.2, 0) is 6.18 Å². The highest BCUT2D eigenvalue weighted by atomic mass is 35.5. The first-order chi connectivity index (χ1) is 8.15. The first-order valence-electron chi connectivity index (χ1n) is 4.95. The molecular formula is C10H12ClF3N2O2. The fourth-order valence-corrected chi connectivity index (χ4v) is 1.29. The SMILES string of the molecule is CC(O)(CO)CNc1ncc(C(F)(F)F)cc1Cl. The first kappa shape index (κ1) is 15.0. The number of aromatic nitrogens is 1. The Balaban J connectivity index is 2.81. The number of aliphatic hydroxyl groups excluding tert-OH is 1. The molecule has 4 nitrogen and oxygen atoms in total. The van der Waals surface area contributed by atoms with Crippen molar-refractivity contribution in [2.75, 3.05) is 18.5 Å². The van der Waals surface area contributed by atoms with Gasteiger partial charge in [-0.2, -0.15) is 13.2 Å². The third-order valence-electron chi connectivity index (χ3n) is 2.15. The Morgan fingerprint density at radius 2 is 2.06 bits per heavy atom. The molecule has 1 heterocycles. The minimum Gasteiger partial charge on any atom is -0.393 e. The number of halogens is 4. The molecule has 18 heavy (non-hydrogen) atoms. The molecule has 0 saturated carbocycles. The minimum absolute atomic E-state index is 0.0124. The lowest BCUT2D eigenvalue weighted by Crippen LogP contribution is -2.37. The van der Waals surface area contributed by atoms with Crippen LogP contribution in [0.5, 0.6) is 0 Å². The van der Waals surface area contributed by atoms with Gasteiger partial charge in [0.25, 0.3) is 0 Å². The molecule has 1 rings (SSSR count). The van der Waals surface area contributed by atoms with Gasteiger partial charge in [-0.1, -0.05) is 11.6 Å². The van der Waals surface area contributed by atoms with E-state index < -0.39 is 23.9 Å². The summed E-state index contributed by atoms with van der Waals surface area (Å²) in [6, 6.07) is 0.741. The summed E-state index contributed by atoms with van der Waals surface area (Å²) >= 11 is 5.64. The summed E-state index contributed by atoms with van der Waals surface area (Å²) in [5.41, 5.74) is -2.36. The zero-order valence-electron chi connectivity index (χ0n) is 9.42. The van der Waals surface area contributed by atoms with Gasteiger partial charge in [-0.25, -0.2) is 4.98 Å². The van der Waals surface area contributed by atoms with Crippen LogP contribution in [0.3, 0.4) is 0 Å². The van der Waals surface area contributed by atoms with E-state index in [1.165, 1.54) is 6.92 Å². The molecule has 1 aromatic heterocycles. The van der Waals surface area contributed by atoms with Crippen molar-refractivity contribution < 1.29 is 23.4 Å². The predicted molar refractivity (Wildman–Crippen MR) is 60.4 cm³/mol. The highest BCUT2D eigenvalue weighted by molar-refractivity contribution is 6.32. The van der Waals surface area contributed by atoms with E-state index in [0.717, 1.165) is 6.07 Å². The highest BCUT2D eigenvalue weighted by Gasteiger charge is 2.31. The van der Waals surface area contributed by atoms with Crippen LogP contribution in [0.15, 0.2) is 12.3 Å². The average molecular weight is 285 g/mol. The molecule has 0 spiro atoms. The van der Waals surface area contributed by atoms with Crippen LogP contribution in [0.4, 0.5) is 19.0 Å². The molecule has 0 amide bonds. The van der Waals surface area contributed by atoms with E-state index in [1.807, 2.05) is 0 Å². The lowest BCUT2D eigenvalue weighted by Gasteiger charge is -2.21. The number of nitrogens with zero attached hydrogens (tertiary/aromatic N) is 1. The van der Waals surface area contributed by atoms with Gasteiger partial charge in [-0.15, -0.1) is 0 Å². The fourth-order valence-electron chi connectivity index (χ4n) is 1.05. The third-order valence-corrected chi connectivity index (χ3v) is 2.43. The smallest absolute Gasteiger partial charge is 0.393 e. The van der Waals surface area contributed by atoms with E-state index >= 15 is 0 Å². The number of pyridine rings is 1. The van der Waals surface area contributed by atoms with Crippen LogP contribution in [0.25, 0.3) is 0 Å². The number of aliphatic hydroxyl groups is 2. The van der Waals surface area contributed by atoms with Crippen molar-refractivity contribution in [2.24, 2.45) is 0 Å². The second-order valence-electron chi connectivity index (χ2n) is 4.06. The van der Waals surface area contributed by atoms with Gasteiger partial charge in [-0.3, -0.25) is 0 Å². The Bertz CT molecular complexity index is 424. The van der Waals surface area contributed by atoms with Gasteiger partial charge in [0, 0.05) is 12.7 Å². The zero-order valence-corrected chi connectivity index (χ0v) is 10.2. The predicted octanol–water partition coefficient (Wildman–Crippen LogP) is 1.91. The van der Waals surface area contributed by atoms with Crippen molar-refractivity contribution in [1.82, 2.24) is 4.98 Å². The van der Waals surface area contributed by atoms with Crippen molar-refractivity contribution in [1.29, 1.82) is 0 Å². The molecule has 0 aliphatic heterocycles. The number of hydrogen-bond donors (Lipinski definition) is 3. The Labute approximate surface area is 106 Å². The molecular weight excluding hydrogens is 273 g/mol. The number of rotatable bonds is 4. The van der Waals surface area contributed by atoms with Gasteiger partial charge >= 0.3 is 6.18 Å². The van der Waals surface area contributed by atoms with Crippen LogP contribution in [0, 0.1) is 0 Å². The van der Waals surface area contributed by atoms with Crippen molar-refractivity contribution in [2.45, 2.75) is 18.7 Å². The van der Waals surface area contributed by atoms with Crippen LogP contribution >= 0.6 is 11.6 Å². The molecule has 8 heteroatoms. The molecule has 0 aliphatic carbocycles. The summed E-state index contributed by atoms with van der Waals surface area (Å²) in [7, 11) is 0. The van der Waals surface area contributed by atoms with Crippen molar-refractivity contribution >= 4 is 17.4 Å². The second kappa shape index (κ2) is 5.29. The zero-order chi connectivity index (χ0) is 14.0. The van der Waals surface area contributed by atoms with Gasteiger partial charge < -0.3 is 15.5 Å². The molecule has 102 valence electrons. The van der Waals surface area contributed by atoms with Crippen LogP contribution in [0.1, 0.15) is 12.5 Å². The normalized spacial score (nSPS) is 15.3. The van der Waals surface area contributed by atoms with Crippen LogP contribution in [-0.4, -0.2) is 33.9 Å². The van der Waals surface area contributed by atoms with Gasteiger partial charge in [-0.05, 0) is 13.0 Å². The quantitative estimate of drug-likeness (QED) is 0.790. The second-order valence-corrected chi connectivity index (χ2v) is 4.47. The Hall–Kier alpha value is -1.05. The van der Waals surface area contributed by atoms with Gasteiger partial charge in [0.1, 0.15) is 11.4 Å². The number of alkyl halides is 3. The number of hydrogen-bond acceptors (Lipinski definition) is 4. The lowest BCUT2D eigenvalue weighted by molar-refractivity contribution is -0.137. The fraction of sp³-hybridized carbons (Fsp3) is 0.500. The summed E-state index contributed by atoms with van der Waals surface area (Å²) < 4.78 is 37.0. The molecule has 0 aliphatic rings. The monoisotopic (exact) mass is 284 g/mol. The Morgan fingerprint density at radius 1 is 1.44 bits per heavy atom. The van der Waals surface area contributed by atoms with E-state index in [2.05, 4.69) is 10.3 Å². The molecule has 0 radical (unpaired) electrons. The van der Waals surface area contributed by atoms with Gasteiger partial charge in [0.05, 0.1) is 17.2 Å². The molecule has 1 atom stereocenters. The molecule has 0 fully saturated rings. The summed E-state index contributed by atoms with van der Waals surface area (Å²) in [5, 5.41) is 20.6. The summed E-state index contributed by atoms with van der Waals surface area (Å²) in [5.74, 6) is 0.0124. The average Bonchev–Trinajstić information content (AvgIpc) is 2.26. The van der Waals surface area contributed by atoms with Crippen LogP contribution < -0.4 is 5.32 Å². The van der Waals surface area contributed by atoms with E-state index in [-0.39, 0.29) is 17.4 Å².